The molecule has 0 bridgehead atoms. The Hall–Kier alpha value is -4.29. The number of rotatable bonds is 7. The molecule has 2 aromatic carbocycles. The van der Waals surface area contributed by atoms with Crippen molar-refractivity contribution in [3.8, 4) is 34.3 Å². The molecule has 0 fully saturated rings. The maximum atomic E-state index is 13.9. The SMILES string of the molecule is O=C(NCc1ccsc1)C(O)c1ccc(-c2noc(-c3onc(-c4ccccc4)c3C(F)(F)F)n2)cc1. The van der Waals surface area contributed by atoms with E-state index < -0.39 is 41.1 Å². The first-order valence-electron chi connectivity index (χ1n) is 10.8. The Labute approximate surface area is 211 Å². The van der Waals surface area contributed by atoms with Crippen molar-refractivity contribution in [2.45, 2.75) is 18.8 Å². The molecular weight excluding hydrogens is 509 g/mol. The van der Waals surface area contributed by atoms with E-state index >= 15 is 0 Å². The lowest BCUT2D eigenvalue weighted by Crippen LogP contribution is -2.28. The Bertz CT molecular complexity index is 1500. The molecular formula is C25H17F3N4O4S. The van der Waals surface area contributed by atoms with Gasteiger partial charge in [-0.15, -0.1) is 0 Å². The number of hydrogen-bond donors (Lipinski definition) is 2. The van der Waals surface area contributed by atoms with Crippen molar-refractivity contribution in [2.24, 2.45) is 0 Å². The van der Waals surface area contributed by atoms with Crippen molar-refractivity contribution in [3.05, 3.63) is 88.1 Å². The number of carbonyl (C=O) groups is 1. The quantitative estimate of drug-likeness (QED) is 0.288. The summed E-state index contributed by atoms with van der Waals surface area (Å²) < 4.78 is 51.8. The van der Waals surface area contributed by atoms with Gasteiger partial charge in [0.15, 0.2) is 6.10 Å². The van der Waals surface area contributed by atoms with Gasteiger partial charge in [0.05, 0.1) is 0 Å². The lowest BCUT2D eigenvalue weighted by molar-refractivity contribution is -0.137. The average Bonchev–Trinajstić information content (AvgIpc) is 3.67. The zero-order chi connectivity index (χ0) is 26.0. The third-order valence-corrected chi connectivity index (χ3v) is 6.15. The normalized spacial score (nSPS) is 12.4. The van der Waals surface area contributed by atoms with Crippen LogP contribution in [0.15, 0.2) is 80.5 Å². The fourth-order valence-corrected chi connectivity index (χ4v) is 4.24. The highest BCUT2D eigenvalue weighted by Gasteiger charge is 2.43. The van der Waals surface area contributed by atoms with Crippen LogP contribution in [0.25, 0.3) is 34.3 Å². The minimum absolute atomic E-state index is 0.0104. The van der Waals surface area contributed by atoms with Crippen LogP contribution in [0.4, 0.5) is 13.2 Å². The van der Waals surface area contributed by atoms with Crippen LogP contribution >= 0.6 is 11.3 Å². The van der Waals surface area contributed by atoms with Crippen LogP contribution in [0.5, 0.6) is 0 Å². The van der Waals surface area contributed by atoms with Gasteiger partial charge < -0.3 is 19.5 Å². The molecule has 1 amide bonds. The first-order valence-corrected chi connectivity index (χ1v) is 11.8. The van der Waals surface area contributed by atoms with Crippen molar-refractivity contribution >= 4 is 17.2 Å². The van der Waals surface area contributed by atoms with E-state index in [0.717, 1.165) is 5.56 Å². The minimum atomic E-state index is -4.79. The van der Waals surface area contributed by atoms with Crippen molar-refractivity contribution in [1.82, 2.24) is 20.6 Å². The smallest absolute Gasteiger partial charge is 0.378 e. The van der Waals surface area contributed by atoms with Crippen molar-refractivity contribution in [2.75, 3.05) is 0 Å². The molecule has 0 aliphatic heterocycles. The number of aliphatic hydroxyl groups is 1. The van der Waals surface area contributed by atoms with Gasteiger partial charge in [0, 0.05) is 17.7 Å². The molecule has 0 aliphatic carbocycles. The number of amides is 1. The highest BCUT2D eigenvalue weighted by Crippen LogP contribution is 2.43. The van der Waals surface area contributed by atoms with E-state index in [-0.39, 0.29) is 17.9 Å². The summed E-state index contributed by atoms with van der Waals surface area (Å²) in [5, 5.41) is 24.1. The summed E-state index contributed by atoms with van der Waals surface area (Å²) in [6.45, 7) is 0.288. The van der Waals surface area contributed by atoms with Gasteiger partial charge >= 0.3 is 6.18 Å². The molecule has 5 rings (SSSR count). The van der Waals surface area contributed by atoms with E-state index in [1.54, 1.807) is 18.2 Å². The summed E-state index contributed by atoms with van der Waals surface area (Å²) in [5.74, 6) is -1.77. The molecule has 3 aromatic heterocycles. The highest BCUT2D eigenvalue weighted by atomic mass is 32.1. The van der Waals surface area contributed by atoms with E-state index in [0.29, 0.717) is 11.1 Å². The Kier molecular flexibility index (Phi) is 6.59. The zero-order valence-corrected chi connectivity index (χ0v) is 19.6. The van der Waals surface area contributed by atoms with E-state index in [2.05, 4.69) is 20.6 Å². The molecule has 0 aliphatic rings. The second kappa shape index (κ2) is 9.99. The van der Waals surface area contributed by atoms with Crippen LogP contribution in [-0.4, -0.2) is 26.3 Å². The number of benzene rings is 2. The molecule has 8 nitrogen and oxygen atoms in total. The molecule has 0 radical (unpaired) electrons. The fraction of sp³-hybridized carbons (Fsp3) is 0.120. The van der Waals surface area contributed by atoms with Crippen molar-refractivity contribution in [3.63, 3.8) is 0 Å². The first kappa shape index (κ1) is 24.4. The number of halogens is 3. The van der Waals surface area contributed by atoms with Crippen LogP contribution in [0, 0.1) is 0 Å². The molecule has 0 spiro atoms. The predicted octanol–water partition coefficient (Wildman–Crippen LogP) is 5.49. The Morgan fingerprint density at radius 2 is 1.76 bits per heavy atom. The van der Waals surface area contributed by atoms with Crippen LogP contribution < -0.4 is 5.32 Å². The number of thiophene rings is 1. The average molecular weight is 526 g/mol. The second-order valence-electron chi connectivity index (χ2n) is 7.90. The lowest BCUT2D eigenvalue weighted by Gasteiger charge is -2.11. The van der Waals surface area contributed by atoms with Crippen LogP contribution in [-0.2, 0) is 17.5 Å². The first-order chi connectivity index (χ1) is 17.8. The predicted molar refractivity (Wildman–Crippen MR) is 127 cm³/mol. The highest BCUT2D eigenvalue weighted by molar-refractivity contribution is 7.07. The summed E-state index contributed by atoms with van der Waals surface area (Å²) in [6, 6.07) is 15.7. The number of alkyl halides is 3. The van der Waals surface area contributed by atoms with Crippen LogP contribution in [0.1, 0.15) is 22.8 Å². The summed E-state index contributed by atoms with van der Waals surface area (Å²) in [6.07, 6.45) is -6.20. The minimum Gasteiger partial charge on any atom is -0.378 e. The van der Waals surface area contributed by atoms with Gasteiger partial charge in [0.25, 0.3) is 11.8 Å². The van der Waals surface area contributed by atoms with Crippen LogP contribution in [0.2, 0.25) is 0 Å². The summed E-state index contributed by atoms with van der Waals surface area (Å²) in [7, 11) is 0. The largest absolute Gasteiger partial charge is 0.422 e. The number of hydrogen-bond acceptors (Lipinski definition) is 8. The lowest BCUT2D eigenvalue weighted by atomic mass is 10.1. The van der Waals surface area contributed by atoms with E-state index in [4.69, 9.17) is 9.05 Å². The standard InChI is InChI=1S/C25H17F3N4O4S/c26-25(27,28)18-19(15-4-2-1-3-5-15)31-35-21(18)24-30-22(32-36-24)17-8-6-16(7-9-17)20(33)23(34)29-12-14-10-11-37-13-14/h1-11,13,20,33H,12H2,(H,29,34). The Morgan fingerprint density at radius 1 is 1.00 bits per heavy atom. The molecule has 1 atom stereocenters. The third kappa shape index (κ3) is 5.15. The summed E-state index contributed by atoms with van der Waals surface area (Å²) >= 11 is 1.50. The maximum Gasteiger partial charge on any atom is 0.422 e. The number of aliphatic hydroxyl groups excluding tert-OH is 1. The molecule has 188 valence electrons. The van der Waals surface area contributed by atoms with Crippen LogP contribution in [0.3, 0.4) is 0 Å². The number of nitrogens with zero attached hydrogens (tertiary/aromatic N) is 3. The molecule has 2 N–H and O–H groups in total. The molecule has 0 saturated carbocycles. The second-order valence-corrected chi connectivity index (χ2v) is 8.68. The van der Waals surface area contributed by atoms with E-state index in [1.165, 1.54) is 47.7 Å². The maximum absolute atomic E-state index is 13.9. The van der Waals surface area contributed by atoms with E-state index in [1.807, 2.05) is 16.8 Å². The monoisotopic (exact) mass is 526 g/mol. The van der Waals surface area contributed by atoms with Gasteiger partial charge in [0.2, 0.25) is 11.6 Å². The van der Waals surface area contributed by atoms with E-state index in [9.17, 15) is 23.1 Å². The molecule has 12 heteroatoms. The van der Waals surface area contributed by atoms with Gasteiger partial charge in [-0.05, 0) is 28.0 Å². The van der Waals surface area contributed by atoms with Gasteiger partial charge in [-0.25, -0.2) is 0 Å². The Morgan fingerprint density at radius 3 is 2.43 bits per heavy atom. The summed E-state index contributed by atoms with van der Waals surface area (Å²) in [5.41, 5.74) is 0.334. The van der Waals surface area contributed by atoms with Gasteiger partial charge in [-0.1, -0.05) is 64.9 Å². The molecule has 37 heavy (non-hydrogen) atoms. The molecule has 1 unspecified atom stereocenters. The fourth-order valence-electron chi connectivity index (χ4n) is 3.57. The van der Waals surface area contributed by atoms with Crippen molar-refractivity contribution < 1.29 is 32.1 Å². The Balaban J connectivity index is 1.36. The topological polar surface area (TPSA) is 114 Å². The van der Waals surface area contributed by atoms with Crippen molar-refractivity contribution in [1.29, 1.82) is 0 Å². The zero-order valence-electron chi connectivity index (χ0n) is 18.8. The number of nitrogens with one attached hydrogen (secondary N) is 1. The van der Waals surface area contributed by atoms with Gasteiger partial charge in [0.1, 0.15) is 11.3 Å². The van der Waals surface area contributed by atoms with Gasteiger partial charge in [-0.3, -0.25) is 4.79 Å². The number of carbonyl (C=O) groups excluding carboxylic acids is 1. The molecule has 5 aromatic rings. The van der Waals surface area contributed by atoms with Gasteiger partial charge in [-0.2, -0.15) is 29.5 Å². The number of aromatic nitrogens is 3. The molecule has 3 heterocycles. The molecule has 0 saturated heterocycles. The summed E-state index contributed by atoms with van der Waals surface area (Å²) in [4.78, 5) is 16.3. The third-order valence-electron chi connectivity index (χ3n) is 5.42.